The minimum atomic E-state index is -0.425. The number of fused-ring (bicyclic) bond motifs is 1. The summed E-state index contributed by atoms with van der Waals surface area (Å²) >= 11 is 0. The Morgan fingerprint density at radius 2 is 1.85 bits per heavy atom. The molecule has 0 fully saturated rings. The van der Waals surface area contributed by atoms with Crippen LogP contribution in [0.2, 0.25) is 0 Å². The molecule has 130 valence electrons. The quantitative estimate of drug-likeness (QED) is 0.534. The molecule has 4 nitrogen and oxygen atoms in total. The molecule has 0 saturated heterocycles. The highest BCUT2D eigenvalue weighted by atomic mass is 19.1. The molecule has 0 atom stereocenters. The summed E-state index contributed by atoms with van der Waals surface area (Å²) in [7, 11) is 0. The third-order valence-corrected chi connectivity index (χ3v) is 4.40. The molecule has 0 bridgehead atoms. The Balaban J connectivity index is 1.56. The number of aromatic nitrogens is 2. The first-order valence-corrected chi connectivity index (χ1v) is 8.45. The van der Waals surface area contributed by atoms with E-state index in [1.165, 1.54) is 11.8 Å². The van der Waals surface area contributed by atoms with E-state index in [4.69, 9.17) is 4.74 Å². The SMILES string of the molecule is Cc1ccc(Cc2ncc(F)c(Cc3ccc4c(c3)CC(=O)O4)n2)cc1. The Kier molecular flexibility index (Phi) is 4.21. The monoisotopic (exact) mass is 348 g/mol. The third-order valence-electron chi connectivity index (χ3n) is 4.40. The number of benzene rings is 2. The molecule has 0 saturated carbocycles. The second kappa shape index (κ2) is 6.67. The van der Waals surface area contributed by atoms with Gasteiger partial charge in [-0.25, -0.2) is 14.4 Å². The largest absolute Gasteiger partial charge is 0.426 e. The molecule has 0 radical (unpaired) electrons. The predicted molar refractivity (Wildman–Crippen MR) is 94.6 cm³/mol. The van der Waals surface area contributed by atoms with Gasteiger partial charge in [-0.3, -0.25) is 4.79 Å². The number of carbonyl (C=O) groups is 1. The Morgan fingerprint density at radius 3 is 2.65 bits per heavy atom. The normalized spacial score (nSPS) is 12.8. The smallest absolute Gasteiger partial charge is 0.315 e. The molecule has 3 aromatic rings. The topological polar surface area (TPSA) is 52.1 Å². The summed E-state index contributed by atoms with van der Waals surface area (Å²) in [6.07, 6.45) is 2.39. The molecule has 2 heterocycles. The van der Waals surface area contributed by atoms with Crippen LogP contribution in [0.5, 0.6) is 5.75 Å². The van der Waals surface area contributed by atoms with E-state index in [0.29, 0.717) is 30.1 Å². The predicted octanol–water partition coefficient (Wildman–Crippen LogP) is 3.57. The van der Waals surface area contributed by atoms with Crippen molar-refractivity contribution in [3.8, 4) is 5.75 Å². The second-order valence-electron chi connectivity index (χ2n) is 6.51. The maximum absolute atomic E-state index is 14.2. The van der Waals surface area contributed by atoms with Crippen LogP contribution in [0.25, 0.3) is 0 Å². The van der Waals surface area contributed by atoms with Crippen LogP contribution in [-0.2, 0) is 24.1 Å². The van der Waals surface area contributed by atoms with Gasteiger partial charge in [0.2, 0.25) is 0 Å². The lowest BCUT2D eigenvalue weighted by Crippen LogP contribution is -2.04. The number of carbonyl (C=O) groups excluding carboxylic acids is 1. The van der Waals surface area contributed by atoms with E-state index in [1.54, 1.807) is 6.07 Å². The summed E-state index contributed by atoms with van der Waals surface area (Å²) in [5, 5.41) is 0. The van der Waals surface area contributed by atoms with E-state index in [1.807, 2.05) is 43.3 Å². The third kappa shape index (κ3) is 3.47. The number of hydrogen-bond acceptors (Lipinski definition) is 4. The highest BCUT2D eigenvalue weighted by molar-refractivity contribution is 5.81. The number of rotatable bonds is 4. The van der Waals surface area contributed by atoms with Crippen molar-refractivity contribution >= 4 is 5.97 Å². The van der Waals surface area contributed by atoms with Crippen LogP contribution >= 0.6 is 0 Å². The molecule has 1 aliphatic heterocycles. The zero-order valence-electron chi connectivity index (χ0n) is 14.3. The Hall–Kier alpha value is -3.08. The average molecular weight is 348 g/mol. The highest BCUT2D eigenvalue weighted by Gasteiger charge is 2.20. The molecule has 5 heteroatoms. The zero-order valence-corrected chi connectivity index (χ0v) is 14.3. The van der Waals surface area contributed by atoms with Crippen molar-refractivity contribution in [2.75, 3.05) is 0 Å². The van der Waals surface area contributed by atoms with Crippen molar-refractivity contribution in [3.05, 3.63) is 88.3 Å². The molecule has 0 unspecified atom stereocenters. The molecule has 0 spiro atoms. The van der Waals surface area contributed by atoms with Gasteiger partial charge in [0.25, 0.3) is 0 Å². The van der Waals surface area contributed by atoms with Gasteiger partial charge in [-0.15, -0.1) is 0 Å². The molecule has 0 N–H and O–H groups in total. The van der Waals surface area contributed by atoms with Gasteiger partial charge in [-0.2, -0.15) is 0 Å². The fraction of sp³-hybridized carbons (Fsp3) is 0.190. The Labute approximate surface area is 150 Å². The molecule has 1 aromatic heterocycles. The van der Waals surface area contributed by atoms with Crippen molar-refractivity contribution < 1.29 is 13.9 Å². The van der Waals surface area contributed by atoms with Gasteiger partial charge in [0.15, 0.2) is 5.82 Å². The lowest BCUT2D eigenvalue weighted by atomic mass is 10.0. The fourth-order valence-corrected chi connectivity index (χ4v) is 3.03. The molecular weight excluding hydrogens is 331 g/mol. The summed E-state index contributed by atoms with van der Waals surface area (Å²) in [6, 6.07) is 13.6. The van der Waals surface area contributed by atoms with E-state index in [-0.39, 0.29) is 12.4 Å². The van der Waals surface area contributed by atoms with Crippen molar-refractivity contribution in [1.82, 2.24) is 9.97 Å². The summed E-state index contributed by atoms with van der Waals surface area (Å²) < 4.78 is 19.3. The van der Waals surface area contributed by atoms with Crippen LogP contribution in [0.1, 0.15) is 33.8 Å². The van der Waals surface area contributed by atoms with Crippen LogP contribution in [0.15, 0.2) is 48.7 Å². The van der Waals surface area contributed by atoms with E-state index < -0.39 is 5.82 Å². The van der Waals surface area contributed by atoms with Gasteiger partial charge in [0.05, 0.1) is 18.3 Å². The molecule has 26 heavy (non-hydrogen) atoms. The van der Waals surface area contributed by atoms with Crippen molar-refractivity contribution in [2.45, 2.75) is 26.2 Å². The molecule has 2 aromatic carbocycles. The van der Waals surface area contributed by atoms with E-state index in [2.05, 4.69) is 9.97 Å². The van der Waals surface area contributed by atoms with Crippen molar-refractivity contribution in [2.24, 2.45) is 0 Å². The number of halogens is 1. The summed E-state index contributed by atoms with van der Waals surface area (Å²) in [5.74, 6) is 0.489. The van der Waals surface area contributed by atoms with Gasteiger partial charge < -0.3 is 4.74 Å². The minimum absolute atomic E-state index is 0.258. The van der Waals surface area contributed by atoms with Crippen LogP contribution in [0.4, 0.5) is 4.39 Å². The number of nitrogens with zero attached hydrogens (tertiary/aromatic N) is 2. The fourth-order valence-electron chi connectivity index (χ4n) is 3.03. The molecule has 0 amide bonds. The van der Waals surface area contributed by atoms with E-state index in [9.17, 15) is 9.18 Å². The first kappa shape index (κ1) is 16.4. The van der Waals surface area contributed by atoms with Crippen LogP contribution in [0.3, 0.4) is 0 Å². The first-order chi connectivity index (χ1) is 12.6. The second-order valence-corrected chi connectivity index (χ2v) is 6.51. The van der Waals surface area contributed by atoms with Crippen molar-refractivity contribution in [1.29, 1.82) is 0 Å². The zero-order chi connectivity index (χ0) is 18.1. The minimum Gasteiger partial charge on any atom is -0.426 e. The molecule has 4 rings (SSSR count). The number of esters is 1. The first-order valence-electron chi connectivity index (χ1n) is 8.45. The summed E-state index contributed by atoms with van der Waals surface area (Å²) in [4.78, 5) is 19.9. The van der Waals surface area contributed by atoms with Gasteiger partial charge in [0.1, 0.15) is 11.6 Å². The summed E-state index contributed by atoms with van der Waals surface area (Å²) in [5.41, 5.74) is 4.35. The standard InChI is InChI=1S/C21H17FN2O2/c1-13-2-4-14(5-3-13)10-20-23-12-17(22)18(24-20)9-15-6-7-19-16(8-15)11-21(25)26-19/h2-8,12H,9-11H2,1H3. The average Bonchev–Trinajstić information content (AvgIpc) is 2.99. The maximum atomic E-state index is 14.2. The molecule has 1 aliphatic rings. The van der Waals surface area contributed by atoms with E-state index in [0.717, 1.165) is 16.7 Å². The van der Waals surface area contributed by atoms with Gasteiger partial charge in [-0.1, -0.05) is 42.0 Å². The number of ether oxygens (including phenoxy) is 1. The van der Waals surface area contributed by atoms with Crippen LogP contribution in [0, 0.1) is 12.7 Å². The Bertz CT molecular complexity index is 984. The van der Waals surface area contributed by atoms with Gasteiger partial charge >= 0.3 is 5.97 Å². The molecule has 0 aliphatic carbocycles. The summed E-state index contributed by atoms with van der Waals surface area (Å²) in [6.45, 7) is 2.03. The maximum Gasteiger partial charge on any atom is 0.315 e. The lowest BCUT2D eigenvalue weighted by Gasteiger charge is -2.07. The number of hydrogen-bond donors (Lipinski definition) is 0. The molecular formula is C21H17FN2O2. The van der Waals surface area contributed by atoms with Gasteiger partial charge in [0, 0.05) is 18.4 Å². The highest BCUT2D eigenvalue weighted by Crippen LogP contribution is 2.27. The van der Waals surface area contributed by atoms with Crippen LogP contribution in [-0.4, -0.2) is 15.9 Å². The number of aryl methyl sites for hydroxylation is 1. The lowest BCUT2D eigenvalue weighted by molar-refractivity contribution is -0.131. The van der Waals surface area contributed by atoms with Crippen molar-refractivity contribution in [3.63, 3.8) is 0 Å². The van der Waals surface area contributed by atoms with E-state index >= 15 is 0 Å². The van der Waals surface area contributed by atoms with Gasteiger partial charge in [-0.05, 0) is 24.1 Å². The van der Waals surface area contributed by atoms with Crippen LogP contribution < -0.4 is 4.74 Å². The Morgan fingerprint density at radius 1 is 1.08 bits per heavy atom.